The molecule has 0 bridgehead atoms. The standard InChI is InChI=1S/C13H20N2O2/c1-9-4-6-11(17-3)8-12(9)15-13(16)7-5-10(2)14/h4,6,8,10H,5,7,14H2,1-3H3,(H,15,16). The van der Waals surface area contributed by atoms with E-state index in [1.54, 1.807) is 7.11 Å². The Morgan fingerprint density at radius 2 is 2.24 bits per heavy atom. The minimum Gasteiger partial charge on any atom is -0.497 e. The van der Waals surface area contributed by atoms with Crippen LogP contribution < -0.4 is 15.8 Å². The maximum absolute atomic E-state index is 11.7. The minimum absolute atomic E-state index is 0.0151. The highest BCUT2D eigenvalue weighted by Gasteiger charge is 2.07. The van der Waals surface area contributed by atoms with Gasteiger partial charge >= 0.3 is 0 Å². The molecule has 1 amide bonds. The van der Waals surface area contributed by atoms with E-state index in [4.69, 9.17) is 10.5 Å². The molecule has 1 aromatic rings. The first-order valence-electron chi connectivity index (χ1n) is 5.73. The number of nitrogens with one attached hydrogen (secondary N) is 1. The average molecular weight is 236 g/mol. The van der Waals surface area contributed by atoms with E-state index in [9.17, 15) is 4.79 Å². The van der Waals surface area contributed by atoms with Crippen molar-refractivity contribution in [1.82, 2.24) is 0 Å². The van der Waals surface area contributed by atoms with Crippen LogP contribution >= 0.6 is 0 Å². The van der Waals surface area contributed by atoms with Gasteiger partial charge in [-0.25, -0.2) is 0 Å². The second kappa shape index (κ2) is 6.25. The molecular formula is C13H20N2O2. The number of carbonyl (C=O) groups is 1. The summed E-state index contributed by atoms with van der Waals surface area (Å²) in [6.07, 6.45) is 1.13. The first-order valence-corrected chi connectivity index (χ1v) is 5.73. The summed E-state index contributed by atoms with van der Waals surface area (Å²) in [6.45, 7) is 3.84. The van der Waals surface area contributed by atoms with Gasteiger partial charge in [-0.15, -0.1) is 0 Å². The molecular weight excluding hydrogens is 216 g/mol. The number of rotatable bonds is 5. The second-order valence-corrected chi connectivity index (χ2v) is 4.24. The molecule has 1 rings (SSSR count). The zero-order valence-corrected chi connectivity index (χ0v) is 10.6. The number of methoxy groups -OCH3 is 1. The van der Waals surface area contributed by atoms with Crippen LogP contribution in [0.25, 0.3) is 0 Å². The molecule has 0 aliphatic carbocycles. The van der Waals surface area contributed by atoms with Crippen molar-refractivity contribution in [3.05, 3.63) is 23.8 Å². The number of amides is 1. The second-order valence-electron chi connectivity index (χ2n) is 4.24. The van der Waals surface area contributed by atoms with Gasteiger partial charge in [-0.3, -0.25) is 4.79 Å². The molecule has 3 N–H and O–H groups in total. The van der Waals surface area contributed by atoms with Crippen molar-refractivity contribution >= 4 is 11.6 Å². The van der Waals surface area contributed by atoms with Crippen LogP contribution in [0.1, 0.15) is 25.3 Å². The number of ether oxygens (including phenoxy) is 1. The highest BCUT2D eigenvalue weighted by atomic mass is 16.5. The van der Waals surface area contributed by atoms with Gasteiger partial charge in [0, 0.05) is 24.2 Å². The van der Waals surface area contributed by atoms with Crippen LogP contribution in [-0.2, 0) is 4.79 Å². The van der Waals surface area contributed by atoms with Crippen LogP contribution in [0.5, 0.6) is 5.75 Å². The fraction of sp³-hybridized carbons (Fsp3) is 0.462. The van der Waals surface area contributed by atoms with Crippen molar-refractivity contribution in [2.24, 2.45) is 5.73 Å². The van der Waals surface area contributed by atoms with Gasteiger partial charge < -0.3 is 15.8 Å². The molecule has 0 aliphatic rings. The third-order valence-corrected chi connectivity index (χ3v) is 2.55. The van der Waals surface area contributed by atoms with Crippen LogP contribution in [-0.4, -0.2) is 19.1 Å². The number of anilines is 1. The van der Waals surface area contributed by atoms with E-state index >= 15 is 0 Å². The number of hydrogen-bond acceptors (Lipinski definition) is 3. The molecule has 0 heterocycles. The summed E-state index contributed by atoms with van der Waals surface area (Å²) < 4.78 is 5.12. The predicted molar refractivity (Wildman–Crippen MR) is 69.2 cm³/mol. The molecule has 0 radical (unpaired) electrons. The summed E-state index contributed by atoms with van der Waals surface area (Å²) in [6, 6.07) is 5.65. The lowest BCUT2D eigenvalue weighted by atomic mass is 10.1. The molecule has 4 nitrogen and oxygen atoms in total. The number of hydrogen-bond donors (Lipinski definition) is 2. The maximum atomic E-state index is 11.7. The van der Waals surface area contributed by atoms with Crippen LogP contribution in [0, 0.1) is 6.92 Å². The van der Waals surface area contributed by atoms with Crippen molar-refractivity contribution in [3.8, 4) is 5.75 Å². The van der Waals surface area contributed by atoms with E-state index in [0.29, 0.717) is 12.8 Å². The first-order chi connectivity index (χ1) is 8.02. The summed E-state index contributed by atoms with van der Waals surface area (Å²) in [4.78, 5) is 11.7. The lowest BCUT2D eigenvalue weighted by Crippen LogP contribution is -2.19. The van der Waals surface area contributed by atoms with E-state index in [-0.39, 0.29) is 11.9 Å². The van der Waals surface area contributed by atoms with Crippen molar-refractivity contribution in [1.29, 1.82) is 0 Å². The van der Waals surface area contributed by atoms with Crippen molar-refractivity contribution in [2.75, 3.05) is 12.4 Å². The number of aryl methyl sites for hydroxylation is 1. The Hall–Kier alpha value is -1.55. The van der Waals surface area contributed by atoms with Gasteiger partial charge in [-0.05, 0) is 31.9 Å². The lowest BCUT2D eigenvalue weighted by Gasteiger charge is -2.10. The third-order valence-electron chi connectivity index (χ3n) is 2.55. The van der Waals surface area contributed by atoms with E-state index < -0.39 is 0 Å². The number of benzene rings is 1. The van der Waals surface area contributed by atoms with Gasteiger partial charge in [0.15, 0.2) is 0 Å². The molecule has 1 atom stereocenters. The van der Waals surface area contributed by atoms with E-state index in [1.165, 1.54) is 0 Å². The van der Waals surface area contributed by atoms with Crippen molar-refractivity contribution < 1.29 is 9.53 Å². The Labute approximate surface area is 102 Å². The Morgan fingerprint density at radius 3 is 2.82 bits per heavy atom. The van der Waals surface area contributed by atoms with E-state index in [1.807, 2.05) is 32.0 Å². The Kier molecular flexibility index (Phi) is 4.97. The smallest absolute Gasteiger partial charge is 0.224 e. The molecule has 0 saturated carbocycles. The molecule has 0 fully saturated rings. The van der Waals surface area contributed by atoms with Crippen molar-refractivity contribution in [2.45, 2.75) is 32.7 Å². The zero-order chi connectivity index (χ0) is 12.8. The molecule has 0 spiro atoms. The highest BCUT2D eigenvalue weighted by molar-refractivity contribution is 5.91. The first kappa shape index (κ1) is 13.5. The van der Waals surface area contributed by atoms with E-state index in [2.05, 4.69) is 5.32 Å². The van der Waals surface area contributed by atoms with Gasteiger partial charge in [-0.2, -0.15) is 0 Å². The summed E-state index contributed by atoms with van der Waals surface area (Å²) in [5.74, 6) is 0.719. The Morgan fingerprint density at radius 1 is 1.53 bits per heavy atom. The van der Waals surface area contributed by atoms with Crippen LogP contribution in [0.3, 0.4) is 0 Å². The monoisotopic (exact) mass is 236 g/mol. The molecule has 0 saturated heterocycles. The quantitative estimate of drug-likeness (QED) is 0.822. The lowest BCUT2D eigenvalue weighted by molar-refractivity contribution is -0.116. The number of nitrogens with two attached hydrogens (primary N) is 1. The molecule has 4 heteroatoms. The molecule has 1 aromatic carbocycles. The largest absolute Gasteiger partial charge is 0.497 e. The SMILES string of the molecule is COc1ccc(C)c(NC(=O)CCC(C)N)c1. The summed E-state index contributed by atoms with van der Waals surface area (Å²) in [7, 11) is 1.60. The Balaban J connectivity index is 2.64. The van der Waals surface area contributed by atoms with E-state index in [0.717, 1.165) is 17.0 Å². The average Bonchev–Trinajstić information content (AvgIpc) is 2.29. The fourth-order valence-corrected chi connectivity index (χ4v) is 1.43. The van der Waals surface area contributed by atoms with Crippen molar-refractivity contribution in [3.63, 3.8) is 0 Å². The summed E-state index contributed by atoms with van der Waals surface area (Å²) in [5, 5.41) is 2.87. The fourth-order valence-electron chi connectivity index (χ4n) is 1.43. The molecule has 0 aliphatic heterocycles. The normalized spacial score (nSPS) is 12.0. The summed E-state index contributed by atoms with van der Waals surface area (Å²) in [5.41, 5.74) is 7.41. The maximum Gasteiger partial charge on any atom is 0.224 e. The molecule has 94 valence electrons. The highest BCUT2D eigenvalue weighted by Crippen LogP contribution is 2.21. The summed E-state index contributed by atoms with van der Waals surface area (Å²) >= 11 is 0. The minimum atomic E-state index is -0.0151. The topological polar surface area (TPSA) is 64.3 Å². The van der Waals surface area contributed by atoms with Gasteiger partial charge in [0.1, 0.15) is 5.75 Å². The van der Waals surface area contributed by atoms with Crippen LogP contribution in [0.2, 0.25) is 0 Å². The van der Waals surface area contributed by atoms with Gasteiger partial charge in [0.05, 0.1) is 7.11 Å². The zero-order valence-electron chi connectivity index (χ0n) is 10.6. The molecule has 17 heavy (non-hydrogen) atoms. The number of carbonyl (C=O) groups excluding carboxylic acids is 1. The van der Waals surface area contributed by atoms with Gasteiger partial charge in [0.2, 0.25) is 5.91 Å². The van der Waals surface area contributed by atoms with Gasteiger partial charge in [0.25, 0.3) is 0 Å². The van der Waals surface area contributed by atoms with Crippen LogP contribution in [0.15, 0.2) is 18.2 Å². The molecule has 0 aromatic heterocycles. The predicted octanol–water partition coefficient (Wildman–Crippen LogP) is 2.07. The third kappa shape index (κ3) is 4.44. The van der Waals surface area contributed by atoms with Crippen LogP contribution in [0.4, 0.5) is 5.69 Å². The Bertz CT molecular complexity index is 389. The molecule has 1 unspecified atom stereocenters. The van der Waals surface area contributed by atoms with Gasteiger partial charge in [-0.1, -0.05) is 6.07 Å².